The number of hydrogen-bond acceptors (Lipinski definition) is 6. The van der Waals surface area contributed by atoms with Crippen LogP contribution in [-0.2, 0) is 10.0 Å². The molecule has 0 radical (unpaired) electrons. The van der Waals surface area contributed by atoms with Crippen molar-refractivity contribution in [2.45, 2.75) is 24.7 Å². The molecule has 164 valence electrons. The fraction of sp³-hybridized carbons (Fsp3) is 0.364. The molecular formula is C22H25FN4O3S. The summed E-state index contributed by atoms with van der Waals surface area (Å²) < 4.78 is 47.2. The Hall–Kier alpha value is -2.62. The smallest absolute Gasteiger partial charge is 0.259 e. The Morgan fingerprint density at radius 2 is 1.84 bits per heavy atom. The van der Waals surface area contributed by atoms with Gasteiger partial charge in [0.1, 0.15) is 5.82 Å². The van der Waals surface area contributed by atoms with E-state index < -0.39 is 15.8 Å². The first-order valence-electron chi connectivity index (χ1n) is 10.4. The summed E-state index contributed by atoms with van der Waals surface area (Å²) >= 11 is 0. The van der Waals surface area contributed by atoms with Crippen molar-refractivity contribution in [3.63, 3.8) is 0 Å². The van der Waals surface area contributed by atoms with Crippen molar-refractivity contribution >= 4 is 10.0 Å². The van der Waals surface area contributed by atoms with Gasteiger partial charge >= 0.3 is 0 Å². The van der Waals surface area contributed by atoms with E-state index in [-0.39, 0.29) is 16.6 Å². The SMILES string of the molecule is CCCCN1CCN(S(=O)(=O)c2ccccc2-c2nc(-c3cccc(F)c3)no2)CC1. The highest BCUT2D eigenvalue weighted by molar-refractivity contribution is 7.89. The molecule has 2 aromatic carbocycles. The van der Waals surface area contributed by atoms with E-state index in [2.05, 4.69) is 22.0 Å². The Kier molecular flexibility index (Phi) is 6.45. The first kappa shape index (κ1) is 21.6. The predicted octanol–water partition coefficient (Wildman–Crippen LogP) is 3.65. The van der Waals surface area contributed by atoms with Gasteiger partial charge in [0.05, 0.1) is 10.5 Å². The summed E-state index contributed by atoms with van der Waals surface area (Å²) in [6.45, 7) is 5.45. The number of nitrogens with zero attached hydrogens (tertiary/aromatic N) is 4. The minimum Gasteiger partial charge on any atom is -0.334 e. The summed E-state index contributed by atoms with van der Waals surface area (Å²) in [6, 6.07) is 12.5. The van der Waals surface area contributed by atoms with Crippen LogP contribution >= 0.6 is 0 Å². The molecule has 0 spiro atoms. The number of sulfonamides is 1. The number of aromatic nitrogens is 2. The van der Waals surface area contributed by atoms with E-state index in [0.717, 1.165) is 19.4 Å². The van der Waals surface area contributed by atoms with Gasteiger partial charge in [0, 0.05) is 31.7 Å². The molecule has 4 rings (SSSR count). The Balaban J connectivity index is 1.59. The molecule has 1 saturated heterocycles. The van der Waals surface area contributed by atoms with E-state index in [9.17, 15) is 12.8 Å². The maximum absolute atomic E-state index is 13.5. The highest BCUT2D eigenvalue weighted by Crippen LogP contribution is 2.30. The molecule has 0 aliphatic carbocycles. The second-order valence-electron chi connectivity index (χ2n) is 7.53. The quantitative estimate of drug-likeness (QED) is 0.554. The van der Waals surface area contributed by atoms with Crippen LogP contribution in [0.4, 0.5) is 4.39 Å². The third kappa shape index (κ3) is 4.68. The van der Waals surface area contributed by atoms with Gasteiger partial charge in [-0.25, -0.2) is 12.8 Å². The van der Waals surface area contributed by atoms with Crippen molar-refractivity contribution in [2.75, 3.05) is 32.7 Å². The molecule has 9 heteroatoms. The topological polar surface area (TPSA) is 79.5 Å². The number of halogens is 1. The summed E-state index contributed by atoms with van der Waals surface area (Å²) in [5, 5.41) is 3.91. The summed E-state index contributed by atoms with van der Waals surface area (Å²) in [7, 11) is -3.73. The maximum Gasteiger partial charge on any atom is 0.259 e. The van der Waals surface area contributed by atoms with E-state index >= 15 is 0 Å². The molecular weight excluding hydrogens is 419 g/mol. The number of rotatable bonds is 7. The minimum absolute atomic E-state index is 0.0833. The van der Waals surface area contributed by atoms with Crippen LogP contribution in [0.25, 0.3) is 22.8 Å². The van der Waals surface area contributed by atoms with Crippen LogP contribution in [0, 0.1) is 5.82 Å². The lowest BCUT2D eigenvalue weighted by molar-refractivity contribution is 0.186. The molecule has 1 fully saturated rings. The average molecular weight is 445 g/mol. The van der Waals surface area contributed by atoms with Crippen LogP contribution in [0.2, 0.25) is 0 Å². The highest BCUT2D eigenvalue weighted by Gasteiger charge is 2.31. The van der Waals surface area contributed by atoms with Gasteiger partial charge in [0.15, 0.2) is 0 Å². The van der Waals surface area contributed by atoms with Crippen molar-refractivity contribution in [1.29, 1.82) is 0 Å². The normalized spacial score (nSPS) is 15.9. The lowest BCUT2D eigenvalue weighted by atomic mass is 10.2. The van der Waals surface area contributed by atoms with Crippen molar-refractivity contribution in [3.8, 4) is 22.8 Å². The van der Waals surface area contributed by atoms with Crippen LogP contribution in [0.1, 0.15) is 19.8 Å². The lowest BCUT2D eigenvalue weighted by Gasteiger charge is -2.34. The molecule has 2 heterocycles. The zero-order chi connectivity index (χ0) is 21.8. The molecule has 3 aromatic rings. The number of unbranched alkanes of at least 4 members (excludes halogenated alkanes) is 1. The van der Waals surface area contributed by atoms with Gasteiger partial charge in [-0.3, -0.25) is 0 Å². The van der Waals surface area contributed by atoms with Crippen molar-refractivity contribution in [3.05, 3.63) is 54.3 Å². The van der Waals surface area contributed by atoms with Gasteiger partial charge in [-0.1, -0.05) is 42.8 Å². The van der Waals surface area contributed by atoms with E-state index in [0.29, 0.717) is 37.3 Å². The van der Waals surface area contributed by atoms with Crippen LogP contribution in [0.3, 0.4) is 0 Å². The van der Waals surface area contributed by atoms with E-state index in [1.54, 1.807) is 36.4 Å². The summed E-state index contributed by atoms with van der Waals surface area (Å²) in [4.78, 5) is 6.75. The van der Waals surface area contributed by atoms with Gasteiger partial charge in [-0.15, -0.1) is 0 Å². The van der Waals surface area contributed by atoms with Crippen LogP contribution in [0.15, 0.2) is 57.9 Å². The molecule has 1 aliphatic rings. The zero-order valence-electron chi connectivity index (χ0n) is 17.4. The highest BCUT2D eigenvalue weighted by atomic mass is 32.2. The Bertz CT molecular complexity index is 1140. The summed E-state index contributed by atoms with van der Waals surface area (Å²) in [5.74, 6) is -0.129. The van der Waals surface area contributed by atoms with Crippen LogP contribution < -0.4 is 0 Å². The average Bonchev–Trinajstić information content (AvgIpc) is 3.28. The molecule has 0 saturated carbocycles. The van der Waals surface area contributed by atoms with Gasteiger partial charge < -0.3 is 9.42 Å². The first-order chi connectivity index (χ1) is 15.0. The number of piperazine rings is 1. The van der Waals surface area contributed by atoms with Crippen molar-refractivity contribution < 1.29 is 17.3 Å². The summed E-state index contributed by atoms with van der Waals surface area (Å²) in [5.41, 5.74) is 0.796. The maximum atomic E-state index is 13.5. The molecule has 0 unspecified atom stereocenters. The monoisotopic (exact) mass is 444 g/mol. The Labute approximate surface area is 181 Å². The molecule has 0 bridgehead atoms. The van der Waals surface area contributed by atoms with E-state index in [1.807, 2.05) is 0 Å². The van der Waals surface area contributed by atoms with E-state index in [4.69, 9.17) is 4.52 Å². The summed E-state index contributed by atoms with van der Waals surface area (Å²) in [6.07, 6.45) is 2.23. The zero-order valence-corrected chi connectivity index (χ0v) is 18.2. The largest absolute Gasteiger partial charge is 0.334 e. The number of benzene rings is 2. The lowest BCUT2D eigenvalue weighted by Crippen LogP contribution is -2.48. The van der Waals surface area contributed by atoms with Crippen LogP contribution in [-0.4, -0.2) is 60.5 Å². The minimum atomic E-state index is -3.73. The predicted molar refractivity (Wildman–Crippen MR) is 115 cm³/mol. The van der Waals surface area contributed by atoms with Crippen molar-refractivity contribution in [1.82, 2.24) is 19.3 Å². The molecule has 1 aliphatic heterocycles. The van der Waals surface area contributed by atoms with Crippen LogP contribution in [0.5, 0.6) is 0 Å². The van der Waals surface area contributed by atoms with Crippen molar-refractivity contribution in [2.24, 2.45) is 0 Å². The molecule has 7 nitrogen and oxygen atoms in total. The molecule has 31 heavy (non-hydrogen) atoms. The van der Waals surface area contributed by atoms with E-state index in [1.165, 1.54) is 16.4 Å². The van der Waals surface area contributed by atoms with Gasteiger partial charge in [0.25, 0.3) is 5.89 Å². The second kappa shape index (κ2) is 9.25. The first-order valence-corrected chi connectivity index (χ1v) is 11.8. The fourth-order valence-corrected chi connectivity index (χ4v) is 5.27. The Morgan fingerprint density at radius 1 is 1.06 bits per heavy atom. The molecule has 0 N–H and O–H groups in total. The third-order valence-corrected chi connectivity index (χ3v) is 7.36. The molecule has 0 atom stereocenters. The molecule has 0 amide bonds. The standard InChI is InChI=1S/C22H25FN4O3S/c1-2-3-11-26-12-14-27(15-13-26)31(28,29)20-10-5-4-9-19(20)22-24-21(25-30-22)17-7-6-8-18(23)16-17/h4-10,16H,2-3,11-15H2,1H3. The third-order valence-electron chi connectivity index (χ3n) is 5.40. The van der Waals surface area contributed by atoms with Gasteiger partial charge in [-0.05, 0) is 37.2 Å². The second-order valence-corrected chi connectivity index (χ2v) is 9.44. The molecule has 1 aromatic heterocycles. The Morgan fingerprint density at radius 3 is 2.58 bits per heavy atom. The fourth-order valence-electron chi connectivity index (χ4n) is 3.66. The van der Waals surface area contributed by atoms with Gasteiger partial charge in [-0.2, -0.15) is 9.29 Å². The number of hydrogen-bond donors (Lipinski definition) is 0. The van der Waals surface area contributed by atoms with Gasteiger partial charge in [0.2, 0.25) is 15.8 Å².